The Morgan fingerprint density at radius 1 is 1.54 bits per heavy atom. The van der Waals surface area contributed by atoms with Crippen molar-refractivity contribution in [3.05, 3.63) is 0 Å². The summed E-state index contributed by atoms with van der Waals surface area (Å²) in [5.41, 5.74) is 0.373. The number of hydrogen-bond acceptors (Lipinski definition) is 2. The van der Waals surface area contributed by atoms with Gasteiger partial charge in [0.15, 0.2) is 0 Å². The van der Waals surface area contributed by atoms with Crippen molar-refractivity contribution in [2.75, 3.05) is 6.54 Å². The molecule has 0 aromatic carbocycles. The molecule has 2 fully saturated rings. The van der Waals surface area contributed by atoms with Gasteiger partial charge in [-0.25, -0.2) is 0 Å². The molecule has 0 aromatic rings. The molecule has 0 heterocycles. The van der Waals surface area contributed by atoms with Gasteiger partial charge in [0, 0.05) is 19.0 Å². The van der Waals surface area contributed by atoms with Gasteiger partial charge in [0.05, 0.1) is 6.07 Å². The summed E-state index contributed by atoms with van der Waals surface area (Å²) in [6.45, 7) is 3.35. The summed E-state index contributed by atoms with van der Waals surface area (Å²) in [7, 11) is 0. The third-order valence-electron chi connectivity index (χ3n) is 3.54. The average molecular weight is 178 g/mol. The topological polar surface area (TPSA) is 35.8 Å². The average Bonchev–Trinajstić information content (AvgIpc) is 2.97. The molecule has 1 atom stereocenters. The summed E-state index contributed by atoms with van der Waals surface area (Å²) in [4.78, 5) is 0. The minimum absolute atomic E-state index is 0.373. The van der Waals surface area contributed by atoms with E-state index in [4.69, 9.17) is 5.26 Å². The predicted molar refractivity (Wildman–Crippen MR) is 52.1 cm³/mol. The first-order valence-corrected chi connectivity index (χ1v) is 5.36. The maximum atomic E-state index is 8.65. The van der Waals surface area contributed by atoms with E-state index in [1.165, 1.54) is 25.7 Å². The molecular weight excluding hydrogens is 160 g/mol. The van der Waals surface area contributed by atoms with Crippen molar-refractivity contribution in [1.82, 2.24) is 5.32 Å². The lowest BCUT2D eigenvalue weighted by atomic mass is 10.0. The molecule has 0 bridgehead atoms. The fraction of sp³-hybridized carbons (Fsp3) is 0.909. The van der Waals surface area contributed by atoms with E-state index >= 15 is 0 Å². The summed E-state index contributed by atoms with van der Waals surface area (Å²) in [6.07, 6.45) is 6.06. The van der Waals surface area contributed by atoms with Crippen molar-refractivity contribution < 1.29 is 0 Å². The maximum Gasteiger partial charge on any atom is 0.0628 e. The van der Waals surface area contributed by atoms with Gasteiger partial charge in [0.1, 0.15) is 0 Å². The molecular formula is C11H18N2. The Hall–Kier alpha value is -0.550. The van der Waals surface area contributed by atoms with Crippen molar-refractivity contribution >= 4 is 0 Å². The Kier molecular flexibility index (Phi) is 2.29. The smallest absolute Gasteiger partial charge is 0.0628 e. The quantitative estimate of drug-likeness (QED) is 0.699. The first-order valence-electron chi connectivity index (χ1n) is 5.36. The largest absolute Gasteiger partial charge is 0.313 e. The van der Waals surface area contributed by atoms with Crippen LogP contribution < -0.4 is 5.32 Å². The summed E-state index contributed by atoms with van der Waals surface area (Å²) in [6, 6.07) is 2.98. The van der Waals surface area contributed by atoms with Crippen LogP contribution in [0.4, 0.5) is 0 Å². The van der Waals surface area contributed by atoms with Gasteiger partial charge in [-0.3, -0.25) is 0 Å². The van der Waals surface area contributed by atoms with Crippen LogP contribution >= 0.6 is 0 Å². The zero-order valence-electron chi connectivity index (χ0n) is 8.34. The normalized spacial score (nSPS) is 26.5. The molecule has 2 aliphatic carbocycles. The van der Waals surface area contributed by atoms with E-state index in [1.54, 1.807) is 0 Å². The minimum Gasteiger partial charge on any atom is -0.313 e. The first-order chi connectivity index (χ1) is 6.26. The Bertz CT molecular complexity index is 221. The fourth-order valence-corrected chi connectivity index (χ4v) is 1.90. The molecule has 2 aliphatic rings. The fourth-order valence-electron chi connectivity index (χ4n) is 1.90. The van der Waals surface area contributed by atoms with E-state index in [0.717, 1.165) is 18.9 Å². The van der Waals surface area contributed by atoms with Gasteiger partial charge in [-0.15, -0.1) is 0 Å². The predicted octanol–water partition coefficient (Wildman–Crippen LogP) is 2.07. The van der Waals surface area contributed by atoms with Gasteiger partial charge >= 0.3 is 0 Å². The van der Waals surface area contributed by atoms with Gasteiger partial charge < -0.3 is 5.32 Å². The molecule has 0 aromatic heterocycles. The van der Waals surface area contributed by atoms with Crippen LogP contribution in [0.25, 0.3) is 0 Å². The second-order valence-corrected chi connectivity index (χ2v) is 4.84. The molecule has 0 amide bonds. The van der Waals surface area contributed by atoms with E-state index in [9.17, 15) is 0 Å². The molecule has 72 valence electrons. The van der Waals surface area contributed by atoms with Crippen molar-refractivity contribution in [2.45, 2.75) is 45.1 Å². The molecule has 0 aliphatic heterocycles. The van der Waals surface area contributed by atoms with E-state index in [2.05, 4.69) is 18.3 Å². The summed E-state index contributed by atoms with van der Waals surface area (Å²) >= 11 is 0. The molecule has 2 heteroatoms. The van der Waals surface area contributed by atoms with Gasteiger partial charge in [0.25, 0.3) is 0 Å². The summed E-state index contributed by atoms with van der Waals surface area (Å²) < 4.78 is 0. The highest BCUT2D eigenvalue weighted by Gasteiger charge is 2.42. The standard InChI is InChI=1S/C11H18N2/c1-9(10-2-3-10)13-8-11(4-5-11)6-7-12/h9-10,13H,2-6,8H2,1H3. The van der Waals surface area contributed by atoms with E-state index < -0.39 is 0 Å². The molecule has 2 saturated carbocycles. The van der Waals surface area contributed by atoms with Crippen LogP contribution in [0, 0.1) is 22.7 Å². The SMILES string of the molecule is CC(NCC1(CC#N)CC1)C1CC1. The van der Waals surface area contributed by atoms with E-state index in [-0.39, 0.29) is 0 Å². The lowest BCUT2D eigenvalue weighted by molar-refractivity contribution is 0.406. The first kappa shape index (κ1) is 9.02. The molecule has 0 spiro atoms. The lowest BCUT2D eigenvalue weighted by Gasteiger charge is -2.17. The van der Waals surface area contributed by atoms with Gasteiger partial charge in [-0.05, 0) is 43.9 Å². The number of hydrogen-bond donors (Lipinski definition) is 1. The van der Waals surface area contributed by atoms with E-state index in [1.807, 2.05) is 0 Å². The zero-order chi connectivity index (χ0) is 9.31. The van der Waals surface area contributed by atoms with Crippen molar-refractivity contribution in [2.24, 2.45) is 11.3 Å². The van der Waals surface area contributed by atoms with Gasteiger partial charge in [-0.2, -0.15) is 5.26 Å². The van der Waals surface area contributed by atoms with Gasteiger partial charge in [0.2, 0.25) is 0 Å². The second kappa shape index (κ2) is 3.31. The zero-order valence-corrected chi connectivity index (χ0v) is 8.34. The summed E-state index contributed by atoms with van der Waals surface area (Å²) in [5, 5.41) is 12.2. The number of nitrogens with one attached hydrogen (secondary N) is 1. The Morgan fingerprint density at radius 3 is 2.69 bits per heavy atom. The number of nitriles is 1. The van der Waals surface area contributed by atoms with Crippen LogP contribution in [0.3, 0.4) is 0 Å². The van der Waals surface area contributed by atoms with Crippen LogP contribution in [0.15, 0.2) is 0 Å². The Morgan fingerprint density at radius 2 is 2.23 bits per heavy atom. The van der Waals surface area contributed by atoms with Crippen molar-refractivity contribution in [3.63, 3.8) is 0 Å². The van der Waals surface area contributed by atoms with E-state index in [0.29, 0.717) is 11.5 Å². The van der Waals surface area contributed by atoms with Crippen molar-refractivity contribution in [1.29, 1.82) is 5.26 Å². The molecule has 0 radical (unpaired) electrons. The highest BCUT2D eigenvalue weighted by molar-refractivity contribution is 5.01. The van der Waals surface area contributed by atoms with Crippen LogP contribution in [-0.4, -0.2) is 12.6 Å². The second-order valence-electron chi connectivity index (χ2n) is 4.84. The monoisotopic (exact) mass is 178 g/mol. The highest BCUT2D eigenvalue weighted by atomic mass is 14.9. The third-order valence-corrected chi connectivity index (χ3v) is 3.54. The maximum absolute atomic E-state index is 8.65. The van der Waals surface area contributed by atoms with Crippen LogP contribution in [-0.2, 0) is 0 Å². The van der Waals surface area contributed by atoms with Crippen LogP contribution in [0.5, 0.6) is 0 Å². The van der Waals surface area contributed by atoms with Crippen molar-refractivity contribution in [3.8, 4) is 6.07 Å². The molecule has 0 saturated heterocycles. The highest BCUT2D eigenvalue weighted by Crippen LogP contribution is 2.48. The van der Waals surface area contributed by atoms with Gasteiger partial charge in [-0.1, -0.05) is 0 Å². The Labute approximate surface area is 80.3 Å². The molecule has 13 heavy (non-hydrogen) atoms. The number of nitrogens with zero attached hydrogens (tertiary/aromatic N) is 1. The third kappa shape index (κ3) is 2.22. The number of rotatable bonds is 5. The lowest BCUT2D eigenvalue weighted by Crippen LogP contribution is -2.33. The molecule has 1 unspecified atom stereocenters. The molecule has 2 nitrogen and oxygen atoms in total. The Balaban J connectivity index is 1.69. The van der Waals surface area contributed by atoms with Crippen LogP contribution in [0.1, 0.15) is 39.0 Å². The molecule has 2 rings (SSSR count). The molecule has 1 N–H and O–H groups in total. The minimum atomic E-state index is 0.373. The van der Waals surface area contributed by atoms with Crippen LogP contribution in [0.2, 0.25) is 0 Å². The summed E-state index contributed by atoms with van der Waals surface area (Å²) in [5.74, 6) is 0.929.